The number of anilines is 1. The van der Waals surface area contributed by atoms with E-state index >= 15 is 0 Å². The molecule has 1 atom stereocenters. The van der Waals surface area contributed by atoms with E-state index in [1.165, 1.54) is 6.33 Å². The summed E-state index contributed by atoms with van der Waals surface area (Å²) in [4.78, 5) is 8.53. The Morgan fingerprint density at radius 3 is 2.77 bits per heavy atom. The van der Waals surface area contributed by atoms with Crippen molar-refractivity contribution in [3.05, 3.63) is 52.9 Å². The van der Waals surface area contributed by atoms with E-state index in [4.69, 9.17) is 11.6 Å². The van der Waals surface area contributed by atoms with Crippen LogP contribution >= 0.6 is 11.6 Å². The number of hydrogen-bond acceptors (Lipinski definition) is 5. The van der Waals surface area contributed by atoms with Gasteiger partial charge in [-0.25, -0.2) is 4.98 Å². The zero-order valence-electron chi connectivity index (χ0n) is 12.1. The van der Waals surface area contributed by atoms with Gasteiger partial charge in [0.1, 0.15) is 12.1 Å². The number of halogens is 1. The number of fused-ring (bicyclic) bond motifs is 1. The predicted octanol–water partition coefficient (Wildman–Crippen LogP) is 2.49. The van der Waals surface area contributed by atoms with Gasteiger partial charge in [-0.1, -0.05) is 30.7 Å². The summed E-state index contributed by atoms with van der Waals surface area (Å²) in [5.74, 6) is 1.28. The van der Waals surface area contributed by atoms with Gasteiger partial charge in [-0.3, -0.25) is 0 Å². The molecule has 0 aliphatic carbocycles. The summed E-state index contributed by atoms with van der Waals surface area (Å²) in [7, 11) is 0. The lowest BCUT2D eigenvalue weighted by Gasteiger charge is -2.19. The molecular weight excluding hydrogens is 302 g/mol. The maximum Gasteiger partial charge on any atom is 0.254 e. The molecule has 1 unspecified atom stereocenters. The Morgan fingerprint density at radius 1 is 1.32 bits per heavy atom. The number of hydrogen-bond donors (Lipinski definition) is 2. The predicted molar refractivity (Wildman–Crippen MR) is 85.1 cm³/mol. The van der Waals surface area contributed by atoms with E-state index in [2.05, 4.69) is 20.4 Å². The molecule has 0 radical (unpaired) electrons. The molecule has 3 rings (SSSR count). The highest BCUT2D eigenvalue weighted by Gasteiger charge is 2.14. The quantitative estimate of drug-likeness (QED) is 0.756. The van der Waals surface area contributed by atoms with Gasteiger partial charge in [0, 0.05) is 16.8 Å². The topological polar surface area (TPSA) is 75.3 Å². The van der Waals surface area contributed by atoms with Crippen LogP contribution < -0.4 is 5.32 Å². The highest BCUT2D eigenvalue weighted by Crippen LogP contribution is 2.21. The van der Waals surface area contributed by atoms with Crippen molar-refractivity contribution >= 4 is 23.2 Å². The van der Waals surface area contributed by atoms with Crippen molar-refractivity contribution in [2.75, 3.05) is 11.9 Å². The molecule has 114 valence electrons. The van der Waals surface area contributed by atoms with Gasteiger partial charge in [0.05, 0.1) is 12.6 Å². The normalized spacial score (nSPS) is 12.5. The number of aliphatic hydroxyl groups is 1. The average Bonchev–Trinajstić information content (AvgIpc) is 3.01. The summed E-state index contributed by atoms with van der Waals surface area (Å²) < 4.78 is 1.62. The molecule has 0 aliphatic heterocycles. The fraction of sp³-hybridized carbons (Fsp3) is 0.267. The zero-order chi connectivity index (χ0) is 15.5. The van der Waals surface area contributed by atoms with Crippen molar-refractivity contribution in [3.63, 3.8) is 0 Å². The molecule has 0 spiro atoms. The first-order valence-corrected chi connectivity index (χ1v) is 7.41. The molecule has 3 aromatic rings. The van der Waals surface area contributed by atoms with Crippen LogP contribution in [0.2, 0.25) is 5.02 Å². The van der Waals surface area contributed by atoms with Crippen LogP contribution in [-0.2, 0) is 6.42 Å². The second-order valence-electron chi connectivity index (χ2n) is 4.89. The van der Waals surface area contributed by atoms with Crippen LogP contribution in [0, 0.1) is 0 Å². The summed E-state index contributed by atoms with van der Waals surface area (Å²) >= 11 is 5.91. The van der Waals surface area contributed by atoms with Crippen molar-refractivity contribution in [2.45, 2.75) is 19.4 Å². The number of rotatable bonds is 5. The molecule has 0 fully saturated rings. The van der Waals surface area contributed by atoms with E-state index in [9.17, 15) is 5.11 Å². The molecule has 0 amide bonds. The van der Waals surface area contributed by atoms with E-state index in [-0.39, 0.29) is 12.6 Å². The standard InChI is InChI=1S/C15H16ClN5O/c1-2-12-7-14(21-15(19-12)17-9-18-21)20-13(8-22)10-3-5-11(16)6-4-10/h3-7,9,13,20,22H,2,8H2,1H3. The Bertz CT molecular complexity index is 771. The lowest BCUT2D eigenvalue weighted by Crippen LogP contribution is -2.17. The van der Waals surface area contributed by atoms with Crippen molar-refractivity contribution in [3.8, 4) is 0 Å². The minimum Gasteiger partial charge on any atom is -0.394 e. The molecule has 2 aromatic heterocycles. The fourth-order valence-corrected chi connectivity index (χ4v) is 2.38. The molecule has 0 bridgehead atoms. The summed E-state index contributed by atoms with van der Waals surface area (Å²) in [6.45, 7) is 1.98. The van der Waals surface area contributed by atoms with E-state index in [0.717, 1.165) is 23.5 Å². The molecule has 2 N–H and O–H groups in total. The molecule has 0 aliphatic rings. The third-order valence-electron chi connectivity index (χ3n) is 3.44. The van der Waals surface area contributed by atoms with Crippen LogP contribution in [0.15, 0.2) is 36.7 Å². The molecule has 6 nitrogen and oxygen atoms in total. The first kappa shape index (κ1) is 14.7. The van der Waals surface area contributed by atoms with E-state index < -0.39 is 0 Å². The van der Waals surface area contributed by atoms with Gasteiger partial charge in [0.2, 0.25) is 0 Å². The van der Waals surface area contributed by atoms with Crippen molar-refractivity contribution < 1.29 is 5.11 Å². The second-order valence-corrected chi connectivity index (χ2v) is 5.33. The lowest BCUT2D eigenvalue weighted by atomic mass is 10.1. The third kappa shape index (κ3) is 2.88. The van der Waals surface area contributed by atoms with Crippen LogP contribution in [-0.4, -0.2) is 31.3 Å². The smallest absolute Gasteiger partial charge is 0.254 e. The Labute approximate surface area is 132 Å². The van der Waals surface area contributed by atoms with Gasteiger partial charge in [-0.05, 0) is 24.1 Å². The van der Waals surface area contributed by atoms with E-state index in [0.29, 0.717) is 10.8 Å². The number of benzene rings is 1. The largest absolute Gasteiger partial charge is 0.394 e. The lowest BCUT2D eigenvalue weighted by molar-refractivity contribution is 0.276. The Balaban J connectivity index is 1.96. The highest BCUT2D eigenvalue weighted by molar-refractivity contribution is 6.30. The van der Waals surface area contributed by atoms with Gasteiger partial charge in [-0.15, -0.1) is 0 Å². The Morgan fingerprint density at radius 2 is 2.09 bits per heavy atom. The molecular formula is C15H16ClN5O. The minimum absolute atomic E-state index is 0.0540. The average molecular weight is 318 g/mol. The van der Waals surface area contributed by atoms with Gasteiger partial charge in [-0.2, -0.15) is 14.6 Å². The highest BCUT2D eigenvalue weighted by atomic mass is 35.5. The zero-order valence-corrected chi connectivity index (χ0v) is 12.8. The maximum absolute atomic E-state index is 9.70. The van der Waals surface area contributed by atoms with Crippen molar-refractivity contribution in [1.29, 1.82) is 0 Å². The van der Waals surface area contributed by atoms with Crippen molar-refractivity contribution in [1.82, 2.24) is 19.6 Å². The van der Waals surface area contributed by atoms with Crippen LogP contribution in [0.3, 0.4) is 0 Å². The molecule has 22 heavy (non-hydrogen) atoms. The maximum atomic E-state index is 9.70. The summed E-state index contributed by atoms with van der Waals surface area (Å²) in [5.41, 5.74) is 1.85. The van der Waals surface area contributed by atoms with Crippen LogP contribution in [0.4, 0.5) is 5.82 Å². The number of nitrogens with one attached hydrogen (secondary N) is 1. The molecule has 0 saturated carbocycles. The summed E-state index contributed by atoms with van der Waals surface area (Å²) in [6, 6.07) is 9.03. The van der Waals surface area contributed by atoms with Gasteiger partial charge in [0.15, 0.2) is 0 Å². The monoisotopic (exact) mass is 317 g/mol. The molecule has 1 aromatic carbocycles. The molecule has 2 heterocycles. The number of aliphatic hydroxyl groups excluding tert-OH is 1. The van der Waals surface area contributed by atoms with Crippen LogP contribution in [0.25, 0.3) is 5.78 Å². The van der Waals surface area contributed by atoms with E-state index in [1.54, 1.807) is 16.6 Å². The second kappa shape index (κ2) is 6.29. The minimum atomic E-state index is -0.267. The van der Waals surface area contributed by atoms with Crippen LogP contribution in [0.5, 0.6) is 0 Å². The summed E-state index contributed by atoms with van der Waals surface area (Å²) in [5, 5.41) is 17.8. The number of aryl methyl sites for hydroxylation is 1. The van der Waals surface area contributed by atoms with Gasteiger partial charge < -0.3 is 10.4 Å². The SMILES string of the molecule is CCc1cc(NC(CO)c2ccc(Cl)cc2)n2ncnc2n1. The third-order valence-corrected chi connectivity index (χ3v) is 3.70. The molecule has 0 saturated heterocycles. The van der Waals surface area contributed by atoms with Gasteiger partial charge >= 0.3 is 0 Å². The van der Waals surface area contributed by atoms with Crippen molar-refractivity contribution in [2.24, 2.45) is 0 Å². The molecule has 7 heteroatoms. The number of nitrogens with zero attached hydrogens (tertiary/aromatic N) is 4. The van der Waals surface area contributed by atoms with E-state index in [1.807, 2.05) is 25.1 Å². The first-order chi connectivity index (χ1) is 10.7. The Hall–Kier alpha value is -2.18. The fourth-order valence-electron chi connectivity index (χ4n) is 2.25. The first-order valence-electron chi connectivity index (χ1n) is 7.03. The summed E-state index contributed by atoms with van der Waals surface area (Å²) in [6.07, 6.45) is 2.26. The van der Waals surface area contributed by atoms with Crippen LogP contribution in [0.1, 0.15) is 24.2 Å². The van der Waals surface area contributed by atoms with Gasteiger partial charge in [0.25, 0.3) is 5.78 Å². The Kier molecular flexibility index (Phi) is 4.22. The number of aromatic nitrogens is 4.